The van der Waals surface area contributed by atoms with Gasteiger partial charge in [-0.3, -0.25) is 14.3 Å². The Morgan fingerprint density at radius 3 is 3.00 bits per heavy atom. The summed E-state index contributed by atoms with van der Waals surface area (Å²) in [6.07, 6.45) is 0.00378. The molecule has 7 heteroatoms. The van der Waals surface area contributed by atoms with E-state index in [1.54, 1.807) is 6.92 Å². The lowest BCUT2D eigenvalue weighted by Crippen LogP contribution is -2.33. The van der Waals surface area contributed by atoms with Crippen LogP contribution in [0.1, 0.15) is 18.2 Å². The largest absolute Gasteiger partial charge is 0.390 e. The third-order valence-corrected chi connectivity index (χ3v) is 2.99. The number of hydrogen-bond donors (Lipinski definition) is 2. The molecule has 18 heavy (non-hydrogen) atoms. The Morgan fingerprint density at radius 2 is 2.33 bits per heavy atom. The van der Waals surface area contributed by atoms with Crippen LogP contribution in [0.15, 0.2) is 15.8 Å². The average Bonchev–Trinajstić information content (AvgIpc) is 2.66. The lowest BCUT2D eigenvalue weighted by atomic mass is 10.2. The molecule has 1 unspecified atom stereocenters. The van der Waals surface area contributed by atoms with Crippen LogP contribution in [0.4, 0.5) is 0 Å². The van der Waals surface area contributed by atoms with Crippen LogP contribution >= 0.6 is 0 Å². The van der Waals surface area contributed by atoms with Crippen molar-refractivity contribution < 1.29 is 14.6 Å². The van der Waals surface area contributed by atoms with Crippen molar-refractivity contribution in [2.75, 3.05) is 13.7 Å². The van der Waals surface area contributed by atoms with Crippen LogP contribution in [-0.2, 0) is 9.47 Å². The van der Waals surface area contributed by atoms with E-state index in [2.05, 4.69) is 4.98 Å². The molecule has 1 aliphatic heterocycles. The van der Waals surface area contributed by atoms with Crippen molar-refractivity contribution in [2.24, 2.45) is 0 Å². The summed E-state index contributed by atoms with van der Waals surface area (Å²) in [6.45, 7) is 1.86. The monoisotopic (exact) mass is 256 g/mol. The highest BCUT2D eigenvalue weighted by molar-refractivity contribution is 5.02. The van der Waals surface area contributed by atoms with Crippen molar-refractivity contribution >= 4 is 0 Å². The maximum atomic E-state index is 11.7. The molecule has 0 amide bonds. The SMILES string of the molecule is COC[C@@H]1O[C@H](n2cc(C)c(=O)[nH]c2=O)CC1O. The topological polar surface area (TPSA) is 93.5 Å². The van der Waals surface area contributed by atoms with Crippen molar-refractivity contribution in [1.82, 2.24) is 9.55 Å². The lowest BCUT2D eigenvalue weighted by molar-refractivity contribution is -0.0547. The molecule has 0 aliphatic carbocycles. The van der Waals surface area contributed by atoms with E-state index in [9.17, 15) is 14.7 Å². The number of nitrogens with zero attached hydrogens (tertiary/aromatic N) is 1. The number of nitrogens with one attached hydrogen (secondary N) is 1. The number of aromatic nitrogens is 2. The van der Waals surface area contributed by atoms with Crippen molar-refractivity contribution in [3.63, 3.8) is 0 Å². The number of aliphatic hydroxyl groups excluding tert-OH is 1. The zero-order valence-corrected chi connectivity index (χ0v) is 10.3. The van der Waals surface area contributed by atoms with Crippen LogP contribution in [0.25, 0.3) is 0 Å². The number of ether oxygens (including phenoxy) is 2. The maximum absolute atomic E-state index is 11.7. The summed E-state index contributed by atoms with van der Waals surface area (Å²) >= 11 is 0. The van der Waals surface area contributed by atoms with Gasteiger partial charge in [0.2, 0.25) is 0 Å². The summed E-state index contributed by atoms with van der Waals surface area (Å²) in [4.78, 5) is 25.1. The first kappa shape index (κ1) is 13.0. The molecule has 1 aromatic heterocycles. The molecule has 0 saturated carbocycles. The van der Waals surface area contributed by atoms with Gasteiger partial charge < -0.3 is 14.6 Å². The predicted molar refractivity (Wildman–Crippen MR) is 62.5 cm³/mol. The molecular formula is C11H16N2O5. The van der Waals surface area contributed by atoms with Gasteiger partial charge in [0.05, 0.1) is 12.7 Å². The number of rotatable bonds is 3. The number of methoxy groups -OCH3 is 1. The quantitative estimate of drug-likeness (QED) is 0.734. The number of hydrogen-bond acceptors (Lipinski definition) is 5. The molecule has 2 rings (SSSR count). The molecule has 0 spiro atoms. The Hall–Kier alpha value is -1.44. The zero-order valence-electron chi connectivity index (χ0n) is 10.3. The van der Waals surface area contributed by atoms with Crippen LogP contribution in [0.3, 0.4) is 0 Å². The lowest BCUT2D eigenvalue weighted by Gasteiger charge is -2.15. The predicted octanol–water partition coefficient (Wildman–Crippen LogP) is -0.860. The Balaban J connectivity index is 2.26. The summed E-state index contributed by atoms with van der Waals surface area (Å²) in [5.41, 5.74) is -0.535. The molecule has 100 valence electrons. The fourth-order valence-corrected chi connectivity index (χ4v) is 2.00. The highest BCUT2D eigenvalue weighted by Gasteiger charge is 2.35. The summed E-state index contributed by atoms with van der Waals surface area (Å²) in [5, 5.41) is 9.77. The van der Waals surface area contributed by atoms with E-state index in [1.807, 2.05) is 0 Å². The molecule has 0 bridgehead atoms. The molecule has 1 fully saturated rings. The molecule has 3 atom stereocenters. The third-order valence-electron chi connectivity index (χ3n) is 2.99. The first-order valence-corrected chi connectivity index (χ1v) is 5.67. The smallest absolute Gasteiger partial charge is 0.330 e. The molecule has 1 saturated heterocycles. The number of H-pyrrole nitrogens is 1. The minimum absolute atomic E-state index is 0.259. The van der Waals surface area contributed by atoms with Crippen LogP contribution in [0, 0.1) is 6.92 Å². The molecule has 1 aromatic rings. The summed E-state index contributed by atoms with van der Waals surface area (Å²) in [7, 11) is 1.51. The van der Waals surface area contributed by atoms with Crippen LogP contribution in [0.5, 0.6) is 0 Å². The second-order valence-electron chi connectivity index (χ2n) is 4.37. The molecular weight excluding hydrogens is 240 g/mol. The number of aromatic amines is 1. The second kappa shape index (κ2) is 5.05. The Bertz CT molecular complexity index is 535. The standard InChI is InChI=1S/C11H16N2O5/c1-6-4-13(11(16)12-10(6)15)9-3-7(14)8(18-9)5-17-2/h4,7-9,14H,3,5H2,1-2H3,(H,12,15,16)/t7?,8-,9-/m0/s1. The minimum atomic E-state index is -0.686. The third kappa shape index (κ3) is 2.38. The molecule has 2 heterocycles. The van der Waals surface area contributed by atoms with E-state index in [4.69, 9.17) is 9.47 Å². The number of aliphatic hydroxyl groups is 1. The summed E-state index contributed by atoms with van der Waals surface area (Å²) in [6, 6.07) is 0. The summed E-state index contributed by atoms with van der Waals surface area (Å²) in [5.74, 6) is 0. The van der Waals surface area contributed by atoms with Crippen LogP contribution in [-0.4, -0.2) is 40.6 Å². The van der Waals surface area contributed by atoms with Crippen LogP contribution in [0.2, 0.25) is 0 Å². The molecule has 2 N–H and O–H groups in total. The van der Waals surface area contributed by atoms with Crippen molar-refractivity contribution in [1.29, 1.82) is 0 Å². The van der Waals surface area contributed by atoms with Gasteiger partial charge in [-0.15, -0.1) is 0 Å². The fourth-order valence-electron chi connectivity index (χ4n) is 2.00. The molecule has 7 nitrogen and oxygen atoms in total. The highest BCUT2D eigenvalue weighted by Crippen LogP contribution is 2.27. The maximum Gasteiger partial charge on any atom is 0.330 e. The van der Waals surface area contributed by atoms with E-state index < -0.39 is 29.7 Å². The van der Waals surface area contributed by atoms with Gasteiger partial charge in [0.1, 0.15) is 12.3 Å². The van der Waals surface area contributed by atoms with Crippen molar-refractivity contribution in [3.8, 4) is 0 Å². The van der Waals surface area contributed by atoms with Gasteiger partial charge in [-0.2, -0.15) is 0 Å². The van der Waals surface area contributed by atoms with Gasteiger partial charge in [0.15, 0.2) is 0 Å². The molecule has 0 radical (unpaired) electrons. The second-order valence-corrected chi connectivity index (χ2v) is 4.37. The molecule has 1 aliphatic rings. The normalized spacial score (nSPS) is 27.6. The van der Waals surface area contributed by atoms with E-state index in [1.165, 1.54) is 17.9 Å². The zero-order chi connectivity index (χ0) is 13.3. The van der Waals surface area contributed by atoms with E-state index in [-0.39, 0.29) is 6.61 Å². The fraction of sp³-hybridized carbons (Fsp3) is 0.636. The van der Waals surface area contributed by atoms with Gasteiger partial charge >= 0.3 is 5.69 Å². The number of aryl methyl sites for hydroxylation is 1. The Labute approximate surface area is 103 Å². The van der Waals surface area contributed by atoms with Gasteiger partial charge in [0.25, 0.3) is 5.56 Å². The van der Waals surface area contributed by atoms with Crippen LogP contribution < -0.4 is 11.2 Å². The van der Waals surface area contributed by atoms with Gasteiger partial charge in [0, 0.05) is 25.3 Å². The van der Waals surface area contributed by atoms with Gasteiger partial charge in [-0.25, -0.2) is 4.79 Å². The van der Waals surface area contributed by atoms with E-state index in [0.29, 0.717) is 12.0 Å². The van der Waals surface area contributed by atoms with Crippen molar-refractivity contribution in [3.05, 3.63) is 32.6 Å². The average molecular weight is 256 g/mol. The first-order chi connectivity index (χ1) is 8.52. The highest BCUT2D eigenvalue weighted by atomic mass is 16.6. The first-order valence-electron chi connectivity index (χ1n) is 5.67. The van der Waals surface area contributed by atoms with E-state index >= 15 is 0 Å². The summed E-state index contributed by atoms with van der Waals surface area (Å²) < 4.78 is 11.8. The van der Waals surface area contributed by atoms with Gasteiger partial charge in [-0.05, 0) is 6.92 Å². The minimum Gasteiger partial charge on any atom is -0.390 e. The molecule has 0 aromatic carbocycles. The van der Waals surface area contributed by atoms with E-state index in [0.717, 1.165) is 0 Å². The van der Waals surface area contributed by atoms with Crippen molar-refractivity contribution in [2.45, 2.75) is 31.8 Å². The Morgan fingerprint density at radius 1 is 1.61 bits per heavy atom. The van der Waals surface area contributed by atoms with Gasteiger partial charge in [-0.1, -0.05) is 0 Å². The Kier molecular flexibility index (Phi) is 3.65.